The number of amides is 1. The topological polar surface area (TPSA) is 95.5 Å². The predicted molar refractivity (Wildman–Crippen MR) is 105 cm³/mol. The summed E-state index contributed by atoms with van der Waals surface area (Å²) in [6.07, 6.45) is -1.79. The van der Waals surface area contributed by atoms with E-state index in [2.05, 4.69) is 23.2 Å². The Kier molecular flexibility index (Phi) is 6.56. The molecule has 1 aromatic heterocycles. The van der Waals surface area contributed by atoms with E-state index < -0.39 is 12.1 Å². The van der Waals surface area contributed by atoms with Gasteiger partial charge in [0.15, 0.2) is 6.61 Å². The molecule has 4 rings (SSSR count). The van der Waals surface area contributed by atoms with Gasteiger partial charge < -0.3 is 14.7 Å². The van der Waals surface area contributed by atoms with E-state index >= 15 is 0 Å². The van der Waals surface area contributed by atoms with Gasteiger partial charge in [0.05, 0.1) is 5.69 Å². The summed E-state index contributed by atoms with van der Waals surface area (Å²) < 4.78 is 37.5. The van der Waals surface area contributed by atoms with E-state index in [0.29, 0.717) is 12.5 Å². The highest BCUT2D eigenvalue weighted by Gasteiger charge is 2.38. The number of H-pyrrole nitrogens is 1. The zero-order chi connectivity index (χ0) is 22.8. The molecule has 1 saturated carbocycles. The molecule has 1 fully saturated rings. The zero-order valence-corrected chi connectivity index (χ0v) is 17.3. The lowest BCUT2D eigenvalue weighted by atomic mass is 10.0. The Balaban J connectivity index is 0.000000339. The van der Waals surface area contributed by atoms with E-state index in [9.17, 15) is 18.0 Å². The van der Waals surface area contributed by atoms with Gasteiger partial charge in [-0.2, -0.15) is 18.3 Å². The molecule has 1 aliphatic heterocycles. The van der Waals surface area contributed by atoms with E-state index in [0.717, 1.165) is 24.3 Å². The normalized spacial score (nSPS) is 15.6. The number of aromatic amines is 1. The number of hydrogen-bond acceptors (Lipinski definition) is 4. The largest absolute Gasteiger partial charge is 0.490 e. The van der Waals surface area contributed by atoms with E-state index in [1.54, 1.807) is 0 Å². The summed E-state index contributed by atoms with van der Waals surface area (Å²) in [5.41, 5.74) is 5.89. The van der Waals surface area contributed by atoms with Crippen molar-refractivity contribution in [3.63, 3.8) is 0 Å². The van der Waals surface area contributed by atoms with E-state index in [1.165, 1.54) is 35.4 Å². The Morgan fingerprint density at radius 2 is 1.97 bits per heavy atom. The fourth-order valence-electron chi connectivity index (χ4n) is 3.34. The minimum Gasteiger partial charge on any atom is -0.483 e. The molecule has 7 nitrogen and oxygen atoms in total. The van der Waals surface area contributed by atoms with Gasteiger partial charge in [-0.25, -0.2) is 4.79 Å². The molecule has 0 unspecified atom stereocenters. The maximum absolute atomic E-state index is 12.6. The molecule has 0 bridgehead atoms. The molecule has 2 N–H and O–H groups in total. The van der Waals surface area contributed by atoms with Crippen molar-refractivity contribution in [1.82, 2.24) is 15.1 Å². The van der Waals surface area contributed by atoms with Crippen LogP contribution in [0.1, 0.15) is 46.8 Å². The third-order valence-electron chi connectivity index (χ3n) is 5.43. The quantitative estimate of drug-likeness (QED) is 0.760. The summed E-state index contributed by atoms with van der Waals surface area (Å²) in [6.45, 7) is 5.56. The average molecular weight is 439 g/mol. The van der Waals surface area contributed by atoms with Gasteiger partial charge in [0.25, 0.3) is 5.91 Å². The standard InChI is InChI=1S/C19H23N3O2.C2HF3O2/c1-12-4-3-5-17(13(12)2)24-11-18(23)22-9-8-16-15(10-22)19(21-20-16)14-6-7-14;3-2(4,5)1(6)7/h3-5,14H,6-11H2,1-2H3,(H,20,21);(H,6,7). The summed E-state index contributed by atoms with van der Waals surface area (Å²) in [6, 6.07) is 5.93. The van der Waals surface area contributed by atoms with Crippen LogP contribution in [0.2, 0.25) is 0 Å². The van der Waals surface area contributed by atoms with E-state index in [4.69, 9.17) is 14.6 Å². The smallest absolute Gasteiger partial charge is 0.483 e. The monoisotopic (exact) mass is 439 g/mol. The summed E-state index contributed by atoms with van der Waals surface area (Å²) >= 11 is 0. The number of rotatable bonds is 4. The lowest BCUT2D eigenvalue weighted by Crippen LogP contribution is -2.39. The number of hydrogen-bond donors (Lipinski definition) is 2. The SMILES string of the molecule is Cc1cccc(OCC(=O)N2CCc3[nH]nc(C4CC4)c3C2)c1C.O=C(O)C(F)(F)F. The van der Waals surface area contributed by atoms with Crippen molar-refractivity contribution in [2.45, 2.75) is 51.7 Å². The fraction of sp³-hybridized carbons (Fsp3) is 0.476. The molecule has 2 aromatic rings. The van der Waals surface area contributed by atoms with Crippen LogP contribution in [0.15, 0.2) is 18.2 Å². The van der Waals surface area contributed by atoms with Gasteiger partial charge in [-0.1, -0.05) is 12.1 Å². The highest BCUT2D eigenvalue weighted by atomic mass is 19.4. The second-order valence-corrected chi connectivity index (χ2v) is 7.70. The van der Waals surface area contributed by atoms with Crippen molar-refractivity contribution in [3.8, 4) is 5.75 Å². The Labute approximate surface area is 177 Å². The maximum Gasteiger partial charge on any atom is 0.490 e. The number of carbonyl (C=O) groups is 2. The second kappa shape index (κ2) is 8.99. The molecule has 1 aromatic carbocycles. The second-order valence-electron chi connectivity index (χ2n) is 7.70. The number of aromatic nitrogens is 2. The lowest BCUT2D eigenvalue weighted by Gasteiger charge is -2.27. The number of carboxylic acid groups (broad SMARTS) is 1. The summed E-state index contributed by atoms with van der Waals surface area (Å²) in [4.78, 5) is 23.4. The minimum absolute atomic E-state index is 0.0458. The van der Waals surface area contributed by atoms with Crippen LogP contribution in [0.4, 0.5) is 13.2 Å². The number of nitrogens with one attached hydrogen (secondary N) is 1. The average Bonchev–Trinajstić information content (AvgIpc) is 3.47. The van der Waals surface area contributed by atoms with Crippen molar-refractivity contribution in [2.24, 2.45) is 0 Å². The molecule has 2 heterocycles. The van der Waals surface area contributed by atoms with Crippen LogP contribution in [0, 0.1) is 13.8 Å². The molecule has 1 aliphatic carbocycles. The Morgan fingerprint density at radius 3 is 2.58 bits per heavy atom. The summed E-state index contributed by atoms with van der Waals surface area (Å²) in [7, 11) is 0. The number of aliphatic carboxylic acids is 1. The maximum atomic E-state index is 12.6. The van der Waals surface area contributed by atoms with Crippen molar-refractivity contribution < 1.29 is 32.6 Å². The first-order valence-corrected chi connectivity index (χ1v) is 9.90. The van der Waals surface area contributed by atoms with Crippen molar-refractivity contribution in [2.75, 3.05) is 13.2 Å². The van der Waals surface area contributed by atoms with Gasteiger partial charge >= 0.3 is 12.1 Å². The number of fused-ring (bicyclic) bond motifs is 1. The molecule has 0 saturated heterocycles. The van der Waals surface area contributed by atoms with Crippen LogP contribution in [-0.4, -0.2) is 51.4 Å². The van der Waals surface area contributed by atoms with Crippen LogP contribution in [0.25, 0.3) is 0 Å². The van der Waals surface area contributed by atoms with Crippen molar-refractivity contribution in [1.29, 1.82) is 0 Å². The molecule has 0 atom stereocenters. The van der Waals surface area contributed by atoms with Gasteiger partial charge in [-0.3, -0.25) is 9.89 Å². The predicted octanol–water partition coefficient (Wildman–Crippen LogP) is 3.50. The highest BCUT2D eigenvalue weighted by Crippen LogP contribution is 2.42. The number of nitrogens with zero attached hydrogens (tertiary/aromatic N) is 2. The van der Waals surface area contributed by atoms with Crippen LogP contribution < -0.4 is 4.74 Å². The van der Waals surface area contributed by atoms with Gasteiger partial charge in [-0.05, 0) is 43.9 Å². The highest BCUT2D eigenvalue weighted by molar-refractivity contribution is 5.78. The first-order chi connectivity index (χ1) is 14.6. The number of ether oxygens (including phenoxy) is 1. The number of benzene rings is 1. The van der Waals surface area contributed by atoms with Crippen LogP contribution >= 0.6 is 0 Å². The Morgan fingerprint density at radius 1 is 1.29 bits per heavy atom. The molecule has 10 heteroatoms. The fourth-order valence-corrected chi connectivity index (χ4v) is 3.34. The molecule has 2 aliphatic rings. The number of aryl methyl sites for hydroxylation is 1. The molecular weight excluding hydrogens is 415 g/mol. The third kappa shape index (κ3) is 5.56. The van der Waals surface area contributed by atoms with Crippen molar-refractivity contribution >= 4 is 11.9 Å². The van der Waals surface area contributed by atoms with Crippen LogP contribution in [-0.2, 0) is 22.6 Å². The third-order valence-corrected chi connectivity index (χ3v) is 5.43. The van der Waals surface area contributed by atoms with Crippen molar-refractivity contribution in [3.05, 3.63) is 46.3 Å². The van der Waals surface area contributed by atoms with E-state index in [-0.39, 0.29) is 12.5 Å². The first kappa shape index (κ1) is 22.6. The molecule has 31 heavy (non-hydrogen) atoms. The molecule has 0 radical (unpaired) electrons. The zero-order valence-electron chi connectivity index (χ0n) is 17.3. The number of carboxylic acids is 1. The lowest BCUT2D eigenvalue weighted by molar-refractivity contribution is -0.192. The van der Waals surface area contributed by atoms with Gasteiger partial charge in [-0.15, -0.1) is 0 Å². The molecular formula is C21H24F3N3O4. The number of halogens is 3. The van der Waals surface area contributed by atoms with Crippen LogP contribution in [0.5, 0.6) is 5.75 Å². The van der Waals surface area contributed by atoms with E-state index in [1.807, 2.05) is 24.0 Å². The Hall–Kier alpha value is -3.04. The first-order valence-electron chi connectivity index (χ1n) is 9.90. The summed E-state index contributed by atoms with van der Waals surface area (Å²) in [5.74, 6) is -1.31. The van der Waals surface area contributed by atoms with Crippen LogP contribution in [0.3, 0.4) is 0 Å². The molecule has 168 valence electrons. The number of alkyl halides is 3. The Bertz CT molecular complexity index is 967. The number of carbonyl (C=O) groups excluding carboxylic acids is 1. The minimum atomic E-state index is -5.08. The van der Waals surface area contributed by atoms with Gasteiger partial charge in [0, 0.05) is 36.7 Å². The van der Waals surface area contributed by atoms with Gasteiger partial charge in [0.2, 0.25) is 0 Å². The summed E-state index contributed by atoms with van der Waals surface area (Å²) in [5, 5.41) is 14.8. The van der Waals surface area contributed by atoms with Gasteiger partial charge in [0.1, 0.15) is 5.75 Å². The molecule has 0 spiro atoms. The molecule has 1 amide bonds.